The first-order valence-electron chi connectivity index (χ1n) is 6.80. The Morgan fingerprint density at radius 2 is 1.95 bits per heavy atom. The molecule has 116 valence electrons. The summed E-state index contributed by atoms with van der Waals surface area (Å²) in [6.45, 7) is 2.18. The van der Waals surface area contributed by atoms with Crippen molar-refractivity contribution in [3.63, 3.8) is 0 Å². The van der Waals surface area contributed by atoms with Crippen molar-refractivity contribution in [1.29, 1.82) is 0 Å². The van der Waals surface area contributed by atoms with Crippen LogP contribution in [-0.2, 0) is 4.79 Å². The Hall–Kier alpha value is -1.62. The highest BCUT2D eigenvalue weighted by molar-refractivity contribution is 6.33. The first-order valence-corrected chi connectivity index (χ1v) is 7.55. The number of amides is 1. The van der Waals surface area contributed by atoms with Gasteiger partial charge in [-0.2, -0.15) is 0 Å². The number of rotatable bonds is 5. The first-order chi connectivity index (χ1) is 10.5. The van der Waals surface area contributed by atoms with Gasteiger partial charge < -0.3 is 10.6 Å². The summed E-state index contributed by atoms with van der Waals surface area (Å²) < 4.78 is 12.9. The van der Waals surface area contributed by atoms with Gasteiger partial charge in [0.15, 0.2) is 6.54 Å². The second-order valence-corrected chi connectivity index (χ2v) is 5.74. The minimum atomic E-state index is -0.443. The number of hydrogen-bond donors (Lipinski definition) is 2. The molecule has 0 aliphatic carbocycles. The van der Waals surface area contributed by atoms with Crippen molar-refractivity contribution < 1.29 is 14.5 Å². The van der Waals surface area contributed by atoms with Crippen LogP contribution in [0.1, 0.15) is 18.5 Å². The van der Waals surface area contributed by atoms with Crippen LogP contribution >= 0.6 is 23.2 Å². The molecule has 0 aliphatic rings. The molecule has 3 nitrogen and oxygen atoms in total. The number of nitrogens with two attached hydrogens (primary N) is 1. The third-order valence-corrected chi connectivity index (χ3v) is 3.91. The van der Waals surface area contributed by atoms with Gasteiger partial charge in [0.05, 0.1) is 10.7 Å². The fourth-order valence-corrected chi connectivity index (χ4v) is 2.57. The highest BCUT2D eigenvalue weighted by atomic mass is 35.5. The zero-order valence-corrected chi connectivity index (χ0v) is 13.5. The van der Waals surface area contributed by atoms with Crippen LogP contribution in [0.15, 0.2) is 42.5 Å². The van der Waals surface area contributed by atoms with Gasteiger partial charge in [-0.1, -0.05) is 41.4 Å². The van der Waals surface area contributed by atoms with E-state index in [4.69, 9.17) is 23.2 Å². The number of nitrogens with one attached hydrogen (secondary N) is 1. The average Bonchev–Trinajstić information content (AvgIpc) is 2.48. The summed E-state index contributed by atoms with van der Waals surface area (Å²) in [4.78, 5) is 11.9. The van der Waals surface area contributed by atoms with E-state index in [-0.39, 0.29) is 23.5 Å². The number of anilines is 1. The summed E-state index contributed by atoms with van der Waals surface area (Å²) in [5.41, 5.74) is 1.36. The Labute approximate surface area is 138 Å². The van der Waals surface area contributed by atoms with Crippen LogP contribution in [0.25, 0.3) is 0 Å². The standard InChI is InChI=1S/C16H15Cl2FN2O/c1-10(12-4-2-3-5-13(12)17)20-9-16(22)21-15-7-6-11(19)8-14(15)18/h2-8,10,20H,9H2,1H3,(H,21,22)/p+1/t10-/m0/s1. The Balaban J connectivity index is 1.91. The maximum Gasteiger partial charge on any atom is 0.279 e. The predicted molar refractivity (Wildman–Crippen MR) is 86.7 cm³/mol. The van der Waals surface area contributed by atoms with Crippen LogP contribution in [0.4, 0.5) is 10.1 Å². The predicted octanol–water partition coefficient (Wildman–Crippen LogP) is 3.40. The topological polar surface area (TPSA) is 45.7 Å². The molecule has 0 saturated carbocycles. The summed E-state index contributed by atoms with van der Waals surface area (Å²) in [7, 11) is 0. The lowest BCUT2D eigenvalue weighted by Crippen LogP contribution is -2.86. The molecule has 1 amide bonds. The first kappa shape index (κ1) is 16.7. The van der Waals surface area contributed by atoms with Gasteiger partial charge in [0.2, 0.25) is 0 Å². The van der Waals surface area contributed by atoms with Crippen LogP contribution < -0.4 is 10.6 Å². The molecule has 0 bridgehead atoms. The lowest BCUT2D eigenvalue weighted by Gasteiger charge is -2.13. The summed E-state index contributed by atoms with van der Waals surface area (Å²) in [6.07, 6.45) is 0. The van der Waals surface area contributed by atoms with Crippen molar-refractivity contribution in [2.24, 2.45) is 0 Å². The molecule has 0 radical (unpaired) electrons. The molecule has 2 aromatic carbocycles. The molecule has 0 unspecified atom stereocenters. The van der Waals surface area contributed by atoms with Crippen molar-refractivity contribution in [2.45, 2.75) is 13.0 Å². The maximum absolute atomic E-state index is 12.9. The van der Waals surface area contributed by atoms with E-state index in [9.17, 15) is 9.18 Å². The minimum absolute atomic E-state index is 0.0446. The Morgan fingerprint density at radius 1 is 1.23 bits per heavy atom. The molecule has 0 heterocycles. The van der Waals surface area contributed by atoms with E-state index in [1.165, 1.54) is 12.1 Å². The van der Waals surface area contributed by atoms with Crippen molar-refractivity contribution >= 4 is 34.8 Å². The van der Waals surface area contributed by atoms with E-state index in [1.54, 1.807) is 0 Å². The Morgan fingerprint density at radius 3 is 2.64 bits per heavy atom. The van der Waals surface area contributed by atoms with Crippen LogP contribution in [0, 0.1) is 5.82 Å². The summed E-state index contributed by atoms with van der Waals surface area (Å²) in [5, 5.41) is 5.37. The van der Waals surface area contributed by atoms with E-state index in [0.717, 1.165) is 11.6 Å². The molecule has 0 spiro atoms. The SMILES string of the molecule is C[C@H]([NH2+]CC(=O)Nc1ccc(F)cc1Cl)c1ccccc1Cl. The molecule has 1 atom stereocenters. The van der Waals surface area contributed by atoms with Crippen molar-refractivity contribution in [2.75, 3.05) is 11.9 Å². The molecule has 2 rings (SSSR count). The average molecular weight is 342 g/mol. The molecule has 0 fully saturated rings. The number of halogens is 3. The minimum Gasteiger partial charge on any atom is -0.332 e. The number of quaternary nitrogens is 1. The highest BCUT2D eigenvalue weighted by Gasteiger charge is 2.14. The third kappa shape index (κ3) is 4.44. The molecule has 0 aliphatic heterocycles. The lowest BCUT2D eigenvalue weighted by molar-refractivity contribution is -0.682. The Kier molecular flexibility index (Phi) is 5.77. The number of benzene rings is 2. The van der Waals surface area contributed by atoms with Crippen LogP contribution in [0.5, 0.6) is 0 Å². The van der Waals surface area contributed by atoms with E-state index < -0.39 is 5.82 Å². The van der Waals surface area contributed by atoms with Gasteiger partial charge in [0, 0.05) is 10.6 Å². The van der Waals surface area contributed by atoms with Gasteiger partial charge in [-0.15, -0.1) is 0 Å². The molecule has 2 aromatic rings. The monoisotopic (exact) mass is 341 g/mol. The van der Waals surface area contributed by atoms with Gasteiger partial charge in [-0.25, -0.2) is 4.39 Å². The van der Waals surface area contributed by atoms with Crippen LogP contribution in [-0.4, -0.2) is 12.5 Å². The van der Waals surface area contributed by atoms with Gasteiger partial charge in [0.1, 0.15) is 11.9 Å². The fraction of sp³-hybridized carbons (Fsp3) is 0.188. The highest BCUT2D eigenvalue weighted by Crippen LogP contribution is 2.22. The van der Waals surface area contributed by atoms with Crippen molar-refractivity contribution in [3.8, 4) is 0 Å². The summed E-state index contributed by atoms with van der Waals surface area (Å²) in [5.74, 6) is -0.658. The molecular weight excluding hydrogens is 326 g/mol. The van der Waals surface area contributed by atoms with Gasteiger partial charge >= 0.3 is 0 Å². The normalized spacial score (nSPS) is 12.0. The van der Waals surface area contributed by atoms with E-state index >= 15 is 0 Å². The van der Waals surface area contributed by atoms with Crippen LogP contribution in [0.2, 0.25) is 10.0 Å². The van der Waals surface area contributed by atoms with E-state index in [2.05, 4.69) is 5.32 Å². The van der Waals surface area contributed by atoms with Crippen molar-refractivity contribution in [1.82, 2.24) is 0 Å². The zero-order chi connectivity index (χ0) is 16.1. The van der Waals surface area contributed by atoms with Gasteiger partial charge in [-0.05, 0) is 31.2 Å². The lowest BCUT2D eigenvalue weighted by atomic mass is 10.1. The van der Waals surface area contributed by atoms with E-state index in [0.29, 0.717) is 10.7 Å². The second-order valence-electron chi connectivity index (χ2n) is 4.92. The summed E-state index contributed by atoms with van der Waals surface area (Å²) in [6, 6.07) is 11.4. The molecular formula is C16H16Cl2FN2O+. The van der Waals surface area contributed by atoms with Gasteiger partial charge in [0.25, 0.3) is 5.91 Å². The third-order valence-electron chi connectivity index (χ3n) is 3.26. The zero-order valence-electron chi connectivity index (χ0n) is 11.9. The number of carbonyl (C=O) groups excluding carboxylic acids is 1. The second kappa shape index (κ2) is 7.58. The van der Waals surface area contributed by atoms with E-state index in [1.807, 2.05) is 36.5 Å². The van der Waals surface area contributed by atoms with Crippen molar-refractivity contribution in [3.05, 3.63) is 63.9 Å². The fourth-order valence-electron chi connectivity index (χ4n) is 2.05. The maximum atomic E-state index is 12.9. The number of hydrogen-bond acceptors (Lipinski definition) is 1. The molecule has 3 N–H and O–H groups in total. The van der Waals surface area contributed by atoms with Gasteiger partial charge in [-0.3, -0.25) is 4.79 Å². The molecule has 0 aromatic heterocycles. The molecule has 0 saturated heterocycles. The largest absolute Gasteiger partial charge is 0.332 e. The molecule has 22 heavy (non-hydrogen) atoms. The molecule has 6 heteroatoms. The quantitative estimate of drug-likeness (QED) is 0.860. The van der Waals surface area contributed by atoms with Crippen LogP contribution in [0.3, 0.4) is 0 Å². The Bertz CT molecular complexity index is 679. The summed E-state index contributed by atoms with van der Waals surface area (Å²) >= 11 is 12.0. The number of carbonyl (C=O) groups is 1. The smallest absolute Gasteiger partial charge is 0.279 e.